The van der Waals surface area contributed by atoms with Crippen molar-refractivity contribution in [2.24, 2.45) is 5.73 Å². The minimum absolute atomic E-state index is 0.140. The van der Waals surface area contributed by atoms with Crippen molar-refractivity contribution in [2.75, 3.05) is 13.1 Å². The molecule has 0 fully saturated rings. The molecule has 0 aliphatic carbocycles. The minimum atomic E-state index is -1.22. The Hall–Kier alpha value is -1.67. The van der Waals surface area contributed by atoms with E-state index in [1.165, 1.54) is 89.9 Å². The van der Waals surface area contributed by atoms with Crippen LogP contribution in [0.1, 0.15) is 135 Å². The lowest BCUT2D eigenvalue weighted by atomic mass is 10.0. The number of carbonyl (C=O) groups is 3. The van der Waals surface area contributed by atoms with Gasteiger partial charge in [0.1, 0.15) is 6.04 Å². The maximum atomic E-state index is 12.6. The summed E-state index contributed by atoms with van der Waals surface area (Å²) in [5.74, 6) is -2.71. The first-order chi connectivity index (χ1) is 17.4. The lowest BCUT2D eigenvalue weighted by Crippen LogP contribution is -2.50. The van der Waals surface area contributed by atoms with Crippen LogP contribution in [0.15, 0.2) is 0 Å². The highest BCUT2D eigenvalue weighted by molar-refractivity contribution is 5.87. The highest BCUT2D eigenvalue weighted by Gasteiger charge is 2.25. The van der Waals surface area contributed by atoms with Crippen LogP contribution in [-0.2, 0) is 14.4 Å². The summed E-state index contributed by atoms with van der Waals surface area (Å²) in [5, 5.41) is 23.8. The fraction of sp³-hybridized carbons (Fsp3) is 0.893. The van der Waals surface area contributed by atoms with Crippen molar-refractivity contribution in [3.63, 3.8) is 0 Å². The molecule has 212 valence electrons. The quantitative estimate of drug-likeness (QED) is 0.0928. The molecule has 0 spiro atoms. The van der Waals surface area contributed by atoms with Crippen LogP contribution in [-0.4, -0.2) is 53.2 Å². The van der Waals surface area contributed by atoms with Gasteiger partial charge in [-0.25, -0.2) is 4.79 Å². The number of carbonyl (C=O) groups excluding carboxylic acids is 1. The molecule has 8 heteroatoms. The van der Waals surface area contributed by atoms with E-state index >= 15 is 0 Å². The number of hydrogen-bond donors (Lipinski definition) is 5. The summed E-state index contributed by atoms with van der Waals surface area (Å²) in [6.07, 6.45) is 21.6. The molecule has 0 heterocycles. The number of hydrogen-bond acceptors (Lipinski definition) is 5. The van der Waals surface area contributed by atoms with E-state index in [4.69, 9.17) is 10.8 Å². The lowest BCUT2D eigenvalue weighted by Gasteiger charge is -2.21. The van der Waals surface area contributed by atoms with E-state index in [-0.39, 0.29) is 12.8 Å². The monoisotopic (exact) mass is 513 g/mol. The summed E-state index contributed by atoms with van der Waals surface area (Å²) in [5.41, 5.74) is 5.58. The summed E-state index contributed by atoms with van der Waals surface area (Å²) in [4.78, 5) is 34.7. The second-order valence-corrected chi connectivity index (χ2v) is 10.1. The highest BCUT2D eigenvalue weighted by atomic mass is 16.4. The number of aliphatic carboxylic acids is 2. The van der Waals surface area contributed by atoms with Crippen LogP contribution in [0.25, 0.3) is 0 Å². The zero-order valence-corrected chi connectivity index (χ0v) is 22.9. The van der Waals surface area contributed by atoms with Gasteiger partial charge in [0.25, 0.3) is 0 Å². The topological polar surface area (TPSA) is 142 Å². The summed E-state index contributed by atoms with van der Waals surface area (Å²) in [6.45, 7) is 3.40. The average molecular weight is 514 g/mol. The third-order valence-electron chi connectivity index (χ3n) is 6.70. The fourth-order valence-electron chi connectivity index (χ4n) is 4.39. The minimum Gasteiger partial charge on any atom is -0.481 e. The van der Waals surface area contributed by atoms with Crippen LogP contribution >= 0.6 is 0 Å². The van der Waals surface area contributed by atoms with E-state index in [2.05, 4.69) is 17.6 Å². The summed E-state index contributed by atoms with van der Waals surface area (Å²) < 4.78 is 0. The van der Waals surface area contributed by atoms with Gasteiger partial charge in [0.2, 0.25) is 5.91 Å². The second-order valence-electron chi connectivity index (χ2n) is 10.1. The Kier molecular flexibility index (Phi) is 23.8. The van der Waals surface area contributed by atoms with Gasteiger partial charge in [-0.05, 0) is 38.8 Å². The maximum Gasteiger partial charge on any atom is 0.326 e. The molecule has 6 N–H and O–H groups in total. The first-order valence-corrected chi connectivity index (χ1v) is 14.6. The largest absolute Gasteiger partial charge is 0.481 e. The zero-order valence-electron chi connectivity index (χ0n) is 22.9. The Morgan fingerprint density at radius 3 is 1.56 bits per heavy atom. The Bertz CT molecular complexity index is 559. The smallest absolute Gasteiger partial charge is 0.326 e. The zero-order chi connectivity index (χ0) is 26.9. The predicted octanol–water partition coefficient (Wildman–Crippen LogP) is 5.38. The van der Waals surface area contributed by atoms with Gasteiger partial charge < -0.3 is 26.6 Å². The fourth-order valence-corrected chi connectivity index (χ4v) is 4.39. The maximum absolute atomic E-state index is 12.6. The van der Waals surface area contributed by atoms with Crippen molar-refractivity contribution in [1.29, 1.82) is 0 Å². The van der Waals surface area contributed by atoms with Crippen LogP contribution in [0.5, 0.6) is 0 Å². The Morgan fingerprint density at radius 2 is 1.14 bits per heavy atom. The molecule has 0 radical (unpaired) electrons. The normalized spacial score (nSPS) is 12.8. The van der Waals surface area contributed by atoms with Gasteiger partial charge in [0.05, 0.1) is 6.04 Å². The number of rotatable bonds is 27. The van der Waals surface area contributed by atoms with E-state index in [0.29, 0.717) is 25.9 Å². The number of carboxylic acid groups (broad SMARTS) is 2. The first kappa shape index (κ1) is 34.3. The van der Waals surface area contributed by atoms with Crippen molar-refractivity contribution >= 4 is 17.8 Å². The molecule has 2 unspecified atom stereocenters. The molecule has 1 amide bonds. The van der Waals surface area contributed by atoms with Gasteiger partial charge >= 0.3 is 11.9 Å². The van der Waals surface area contributed by atoms with Gasteiger partial charge in [0.15, 0.2) is 0 Å². The molecule has 2 atom stereocenters. The predicted molar refractivity (Wildman–Crippen MR) is 146 cm³/mol. The van der Waals surface area contributed by atoms with Gasteiger partial charge in [-0.3, -0.25) is 9.59 Å². The van der Waals surface area contributed by atoms with Crippen LogP contribution in [0.4, 0.5) is 0 Å². The SMILES string of the molecule is CCCCCCCCCCCCCCCCCCNC(CCCN)C(=O)NC(CCC(=O)O)C(=O)O. The molecule has 0 rings (SSSR count). The van der Waals surface area contributed by atoms with E-state index in [9.17, 15) is 19.5 Å². The number of amides is 1. The standard InChI is InChI=1S/C28H55N3O5/c1-2-3-4-5-6-7-8-9-10-11-12-13-14-15-16-17-23-30-24(19-18-22-29)27(34)31-25(28(35)36)20-21-26(32)33/h24-25,30H,2-23,29H2,1H3,(H,31,34)(H,32,33)(H,35,36). The molecule has 0 aromatic rings. The Balaban J connectivity index is 3.87. The van der Waals surface area contributed by atoms with Gasteiger partial charge in [-0.2, -0.15) is 0 Å². The molecule has 0 saturated heterocycles. The first-order valence-electron chi connectivity index (χ1n) is 14.6. The van der Waals surface area contributed by atoms with Gasteiger partial charge in [-0.15, -0.1) is 0 Å². The number of nitrogens with two attached hydrogens (primary N) is 1. The molecule has 0 aromatic carbocycles. The van der Waals surface area contributed by atoms with Crippen LogP contribution in [0.2, 0.25) is 0 Å². The third-order valence-corrected chi connectivity index (χ3v) is 6.70. The molecule has 0 aromatic heterocycles. The molecular formula is C28H55N3O5. The van der Waals surface area contributed by atoms with Crippen molar-refractivity contribution in [3.8, 4) is 0 Å². The summed E-state index contributed by atoms with van der Waals surface area (Å²) in [6, 6.07) is -1.72. The molecule has 8 nitrogen and oxygen atoms in total. The molecular weight excluding hydrogens is 458 g/mol. The molecule has 0 saturated carbocycles. The molecule has 0 aliphatic rings. The van der Waals surface area contributed by atoms with Crippen molar-refractivity contribution < 1.29 is 24.6 Å². The van der Waals surface area contributed by atoms with E-state index < -0.39 is 29.9 Å². The molecule has 0 aliphatic heterocycles. The Morgan fingerprint density at radius 1 is 0.667 bits per heavy atom. The van der Waals surface area contributed by atoms with E-state index in [1.807, 2.05) is 0 Å². The third kappa shape index (κ3) is 21.6. The van der Waals surface area contributed by atoms with Crippen LogP contribution in [0, 0.1) is 0 Å². The molecule has 0 bridgehead atoms. The summed E-state index contributed by atoms with van der Waals surface area (Å²) >= 11 is 0. The average Bonchev–Trinajstić information content (AvgIpc) is 2.84. The van der Waals surface area contributed by atoms with Gasteiger partial charge in [0, 0.05) is 6.42 Å². The number of carboxylic acids is 2. The van der Waals surface area contributed by atoms with E-state index in [0.717, 1.165) is 12.8 Å². The van der Waals surface area contributed by atoms with Gasteiger partial charge in [-0.1, -0.05) is 103 Å². The Labute approximate surface area is 219 Å². The number of unbranched alkanes of at least 4 members (excludes halogenated alkanes) is 15. The summed E-state index contributed by atoms with van der Waals surface area (Å²) in [7, 11) is 0. The van der Waals surface area contributed by atoms with Crippen molar-refractivity contribution in [2.45, 2.75) is 147 Å². The number of nitrogens with one attached hydrogen (secondary N) is 2. The second kappa shape index (κ2) is 25.0. The lowest BCUT2D eigenvalue weighted by molar-refractivity contribution is -0.143. The van der Waals surface area contributed by atoms with E-state index in [1.54, 1.807) is 0 Å². The highest BCUT2D eigenvalue weighted by Crippen LogP contribution is 2.13. The van der Waals surface area contributed by atoms with Crippen molar-refractivity contribution in [1.82, 2.24) is 10.6 Å². The van der Waals surface area contributed by atoms with Crippen LogP contribution in [0.3, 0.4) is 0 Å². The molecule has 36 heavy (non-hydrogen) atoms. The van der Waals surface area contributed by atoms with Crippen LogP contribution < -0.4 is 16.4 Å². The van der Waals surface area contributed by atoms with Crippen molar-refractivity contribution in [3.05, 3.63) is 0 Å².